The number of carbonyl (C=O) groups is 1. The summed E-state index contributed by atoms with van der Waals surface area (Å²) in [6.07, 6.45) is 0.616. The molecule has 1 atom stereocenters. The fourth-order valence-electron chi connectivity index (χ4n) is 3.05. The standard InChI is InChI=1S/C13H24N2O4S/c1-12(2,3)19-11(16)15-7-5-13(6-8-15)10(14-4)9-20(13,17)18/h10,14H,5-9H2,1-4H3. The maximum Gasteiger partial charge on any atom is 0.410 e. The van der Waals surface area contributed by atoms with Crippen molar-refractivity contribution in [2.75, 3.05) is 25.9 Å². The van der Waals surface area contributed by atoms with E-state index in [0.717, 1.165) is 0 Å². The summed E-state index contributed by atoms with van der Waals surface area (Å²) in [7, 11) is -1.24. The molecule has 1 unspecified atom stereocenters. The van der Waals surface area contributed by atoms with Crippen molar-refractivity contribution >= 4 is 15.9 Å². The van der Waals surface area contributed by atoms with Gasteiger partial charge in [-0.3, -0.25) is 0 Å². The van der Waals surface area contributed by atoms with Crippen molar-refractivity contribution in [3.8, 4) is 0 Å². The number of rotatable bonds is 1. The van der Waals surface area contributed by atoms with Gasteiger partial charge in [-0.1, -0.05) is 0 Å². The average molecular weight is 304 g/mol. The summed E-state index contributed by atoms with van der Waals surface area (Å²) in [5, 5.41) is 3.09. The molecule has 0 aromatic rings. The van der Waals surface area contributed by atoms with E-state index in [1.54, 1.807) is 11.9 Å². The highest BCUT2D eigenvalue weighted by Gasteiger charge is 2.60. The Hall–Kier alpha value is -0.820. The van der Waals surface area contributed by atoms with E-state index >= 15 is 0 Å². The number of ether oxygens (including phenoxy) is 1. The zero-order chi connectivity index (χ0) is 15.2. The van der Waals surface area contributed by atoms with Crippen molar-refractivity contribution in [1.82, 2.24) is 10.2 Å². The number of hydrogen-bond donors (Lipinski definition) is 1. The predicted molar refractivity (Wildman–Crippen MR) is 76.4 cm³/mol. The second kappa shape index (κ2) is 4.87. The zero-order valence-electron chi connectivity index (χ0n) is 12.6. The largest absolute Gasteiger partial charge is 0.444 e. The van der Waals surface area contributed by atoms with Crippen molar-refractivity contribution in [3.63, 3.8) is 0 Å². The Kier molecular flexibility index (Phi) is 3.79. The van der Waals surface area contributed by atoms with Gasteiger partial charge in [0.2, 0.25) is 0 Å². The minimum Gasteiger partial charge on any atom is -0.444 e. The molecule has 0 radical (unpaired) electrons. The lowest BCUT2D eigenvalue weighted by atomic mass is 9.88. The van der Waals surface area contributed by atoms with Crippen LogP contribution < -0.4 is 5.32 Å². The van der Waals surface area contributed by atoms with Crippen LogP contribution >= 0.6 is 0 Å². The molecular weight excluding hydrogens is 280 g/mol. The normalized spacial score (nSPS) is 28.0. The van der Waals surface area contributed by atoms with Gasteiger partial charge < -0.3 is 15.0 Å². The molecule has 1 amide bonds. The molecule has 0 aromatic carbocycles. The third kappa shape index (κ3) is 2.53. The van der Waals surface area contributed by atoms with E-state index in [0.29, 0.717) is 25.9 Å². The summed E-state index contributed by atoms with van der Waals surface area (Å²) < 4.78 is 28.8. The molecule has 0 bridgehead atoms. The molecule has 6 nitrogen and oxygen atoms in total. The highest BCUT2D eigenvalue weighted by molar-refractivity contribution is 7.94. The third-order valence-corrected chi connectivity index (χ3v) is 6.95. The molecule has 7 heteroatoms. The SMILES string of the molecule is CNC1CS(=O)(=O)C12CCN(C(=O)OC(C)(C)C)CC2. The van der Waals surface area contributed by atoms with Crippen molar-refractivity contribution in [2.24, 2.45) is 0 Å². The predicted octanol–water partition coefficient (Wildman–Crippen LogP) is 0.772. The molecule has 0 saturated carbocycles. The van der Waals surface area contributed by atoms with Gasteiger partial charge in [0.25, 0.3) is 0 Å². The molecule has 20 heavy (non-hydrogen) atoms. The maximum absolute atomic E-state index is 12.1. The van der Waals surface area contributed by atoms with Crippen LogP contribution in [0, 0.1) is 0 Å². The number of carbonyl (C=O) groups excluding carboxylic acids is 1. The van der Waals surface area contributed by atoms with Crippen LogP contribution in [0.5, 0.6) is 0 Å². The van der Waals surface area contributed by atoms with E-state index < -0.39 is 20.2 Å². The molecule has 0 aliphatic carbocycles. The molecule has 2 rings (SSSR count). The number of piperidine rings is 1. The van der Waals surface area contributed by atoms with Gasteiger partial charge in [0.05, 0.1) is 10.5 Å². The molecule has 2 fully saturated rings. The van der Waals surface area contributed by atoms with E-state index in [-0.39, 0.29) is 17.9 Å². The Labute approximate surface area is 120 Å². The van der Waals surface area contributed by atoms with Gasteiger partial charge in [0.1, 0.15) is 5.60 Å². The number of nitrogens with one attached hydrogen (secondary N) is 1. The molecule has 2 saturated heterocycles. The second-order valence-electron chi connectivity index (χ2n) is 6.65. The molecular formula is C13H24N2O4S. The van der Waals surface area contributed by atoms with Crippen molar-refractivity contribution < 1.29 is 17.9 Å². The Morgan fingerprint density at radius 2 is 1.85 bits per heavy atom. The lowest BCUT2D eigenvalue weighted by molar-refractivity contribution is 0.0178. The molecule has 2 aliphatic rings. The minimum absolute atomic E-state index is 0.00767. The first-order chi connectivity index (χ1) is 9.11. The summed E-state index contributed by atoms with van der Waals surface area (Å²) in [6, 6.07) is 0.00767. The Morgan fingerprint density at radius 1 is 1.30 bits per heavy atom. The van der Waals surface area contributed by atoms with E-state index in [1.807, 2.05) is 20.8 Å². The molecule has 2 heterocycles. The van der Waals surface area contributed by atoms with Crippen LogP contribution in [0.3, 0.4) is 0 Å². The van der Waals surface area contributed by atoms with Gasteiger partial charge in [-0.05, 0) is 40.7 Å². The quantitative estimate of drug-likeness (QED) is 0.774. The highest BCUT2D eigenvalue weighted by Crippen LogP contribution is 2.43. The van der Waals surface area contributed by atoms with Crippen LogP contribution in [0.1, 0.15) is 33.6 Å². The smallest absolute Gasteiger partial charge is 0.410 e. The van der Waals surface area contributed by atoms with Gasteiger partial charge in [0, 0.05) is 19.1 Å². The van der Waals surface area contributed by atoms with E-state index in [4.69, 9.17) is 4.74 Å². The van der Waals surface area contributed by atoms with Crippen LogP contribution in [0.2, 0.25) is 0 Å². The highest BCUT2D eigenvalue weighted by atomic mass is 32.2. The first kappa shape index (κ1) is 15.6. The monoisotopic (exact) mass is 304 g/mol. The summed E-state index contributed by atoms with van der Waals surface area (Å²) in [4.78, 5) is 13.6. The van der Waals surface area contributed by atoms with Crippen LogP contribution in [-0.4, -0.2) is 61.7 Å². The first-order valence-corrected chi connectivity index (χ1v) is 8.64. The summed E-state index contributed by atoms with van der Waals surface area (Å²) in [6.45, 7) is 6.34. The molecule has 1 N–H and O–H groups in total. The van der Waals surface area contributed by atoms with E-state index in [1.165, 1.54) is 0 Å². The van der Waals surface area contributed by atoms with Crippen LogP contribution in [0.4, 0.5) is 4.79 Å². The topological polar surface area (TPSA) is 75.7 Å². The molecule has 0 aromatic heterocycles. The zero-order valence-corrected chi connectivity index (χ0v) is 13.4. The summed E-state index contributed by atoms with van der Waals surface area (Å²) >= 11 is 0. The van der Waals surface area contributed by atoms with Gasteiger partial charge in [-0.2, -0.15) is 0 Å². The van der Waals surface area contributed by atoms with Crippen LogP contribution in [-0.2, 0) is 14.6 Å². The Bertz CT molecular complexity index is 487. The molecule has 116 valence electrons. The van der Waals surface area contributed by atoms with Crippen molar-refractivity contribution in [1.29, 1.82) is 0 Å². The lowest BCUT2D eigenvalue weighted by Crippen LogP contribution is -2.71. The Morgan fingerprint density at radius 3 is 2.25 bits per heavy atom. The summed E-state index contributed by atoms with van der Waals surface area (Å²) in [5.41, 5.74) is -0.526. The third-order valence-electron chi connectivity index (χ3n) is 4.25. The Balaban J connectivity index is 2.01. The molecule has 2 aliphatic heterocycles. The van der Waals surface area contributed by atoms with Gasteiger partial charge >= 0.3 is 6.09 Å². The number of sulfone groups is 1. The van der Waals surface area contributed by atoms with Crippen LogP contribution in [0.25, 0.3) is 0 Å². The van der Waals surface area contributed by atoms with E-state index in [9.17, 15) is 13.2 Å². The first-order valence-electron chi connectivity index (χ1n) is 6.99. The fourth-order valence-corrected chi connectivity index (χ4v) is 5.45. The minimum atomic E-state index is -3.03. The number of hydrogen-bond acceptors (Lipinski definition) is 5. The van der Waals surface area contributed by atoms with Gasteiger partial charge in [0.15, 0.2) is 9.84 Å². The van der Waals surface area contributed by atoms with E-state index in [2.05, 4.69) is 5.32 Å². The van der Waals surface area contributed by atoms with Crippen molar-refractivity contribution in [3.05, 3.63) is 0 Å². The maximum atomic E-state index is 12.1. The lowest BCUT2D eigenvalue weighted by Gasteiger charge is -2.52. The second-order valence-corrected chi connectivity index (χ2v) is 9.03. The summed E-state index contributed by atoms with van der Waals surface area (Å²) in [5.74, 6) is 0.204. The van der Waals surface area contributed by atoms with Gasteiger partial charge in [-0.15, -0.1) is 0 Å². The fraction of sp³-hybridized carbons (Fsp3) is 0.923. The van der Waals surface area contributed by atoms with Gasteiger partial charge in [-0.25, -0.2) is 13.2 Å². The number of amides is 1. The molecule has 1 spiro atoms. The van der Waals surface area contributed by atoms with Crippen molar-refractivity contribution in [2.45, 2.75) is 50.0 Å². The average Bonchev–Trinajstić information content (AvgIpc) is 2.34. The number of nitrogens with zero attached hydrogens (tertiary/aromatic N) is 1. The van der Waals surface area contributed by atoms with Crippen LogP contribution in [0.15, 0.2) is 0 Å². The number of likely N-dealkylation sites (tertiary alicyclic amines) is 1.